The summed E-state index contributed by atoms with van der Waals surface area (Å²) in [6.07, 6.45) is 2.11. The van der Waals surface area contributed by atoms with Crippen LogP contribution in [0.1, 0.15) is 31.1 Å². The van der Waals surface area contributed by atoms with E-state index in [0.717, 1.165) is 18.8 Å². The first-order valence-electron chi connectivity index (χ1n) is 7.10. The largest absolute Gasteiger partial charge is 0.329 e. The maximum absolute atomic E-state index is 6.05. The maximum Gasteiger partial charge on any atom is 0.0641 e. The van der Waals surface area contributed by atoms with Crippen molar-refractivity contribution in [3.8, 4) is 0 Å². The molecule has 1 aliphatic heterocycles. The summed E-state index contributed by atoms with van der Waals surface area (Å²) in [6, 6.07) is 1.41. The lowest BCUT2D eigenvalue weighted by Gasteiger charge is -2.45. The van der Waals surface area contributed by atoms with E-state index < -0.39 is 0 Å². The van der Waals surface area contributed by atoms with E-state index in [-0.39, 0.29) is 6.04 Å². The van der Waals surface area contributed by atoms with Gasteiger partial charge in [-0.1, -0.05) is 0 Å². The van der Waals surface area contributed by atoms with Crippen molar-refractivity contribution in [3.63, 3.8) is 0 Å². The Morgan fingerprint density at radius 1 is 1.32 bits per heavy atom. The first kappa shape index (κ1) is 14.5. The number of aromatic nitrogens is 2. The number of hydrogen-bond acceptors (Lipinski definition) is 4. The molecule has 0 amide bonds. The van der Waals surface area contributed by atoms with Gasteiger partial charge in [0.1, 0.15) is 0 Å². The third kappa shape index (κ3) is 2.83. The van der Waals surface area contributed by atoms with Crippen LogP contribution in [-0.4, -0.2) is 58.3 Å². The minimum Gasteiger partial charge on any atom is -0.329 e. The number of hydrogen-bond donors (Lipinski definition) is 1. The summed E-state index contributed by atoms with van der Waals surface area (Å²) in [6.45, 7) is 9.42. The molecule has 108 valence electrons. The molecule has 19 heavy (non-hydrogen) atoms. The van der Waals surface area contributed by atoms with Crippen molar-refractivity contribution in [2.24, 2.45) is 12.8 Å². The van der Waals surface area contributed by atoms with Crippen LogP contribution in [-0.2, 0) is 7.05 Å². The third-order valence-electron chi connectivity index (χ3n) is 4.46. The van der Waals surface area contributed by atoms with Gasteiger partial charge in [0.15, 0.2) is 0 Å². The van der Waals surface area contributed by atoms with E-state index in [1.807, 2.05) is 11.7 Å². The zero-order valence-electron chi connectivity index (χ0n) is 12.8. The highest BCUT2D eigenvalue weighted by Gasteiger charge is 2.32. The van der Waals surface area contributed by atoms with Crippen LogP contribution in [0.4, 0.5) is 0 Å². The second kappa shape index (κ2) is 5.61. The standard InChI is InChI=1S/C14H27N5/c1-10-7-19(8-11(2)18(10)5)14(6-15)13-9-17(4)16-12(13)3/h9-11,14H,6-8,15H2,1-5H3. The molecule has 0 aromatic carbocycles. The first-order valence-corrected chi connectivity index (χ1v) is 7.10. The molecule has 2 N–H and O–H groups in total. The zero-order valence-corrected chi connectivity index (χ0v) is 12.8. The van der Waals surface area contributed by atoms with Gasteiger partial charge < -0.3 is 5.73 Å². The molecule has 1 aliphatic rings. The summed E-state index contributed by atoms with van der Waals surface area (Å²) in [7, 11) is 4.18. The predicted molar refractivity (Wildman–Crippen MR) is 78.0 cm³/mol. The van der Waals surface area contributed by atoms with Crippen LogP contribution in [0.5, 0.6) is 0 Å². The fourth-order valence-electron chi connectivity index (χ4n) is 3.12. The molecular formula is C14H27N5. The highest BCUT2D eigenvalue weighted by molar-refractivity contribution is 5.21. The fourth-order valence-corrected chi connectivity index (χ4v) is 3.12. The molecule has 0 spiro atoms. The lowest BCUT2D eigenvalue weighted by atomic mass is 10.0. The number of nitrogens with zero attached hydrogens (tertiary/aromatic N) is 4. The van der Waals surface area contributed by atoms with Crippen LogP contribution in [0.25, 0.3) is 0 Å². The molecule has 1 aromatic heterocycles. The lowest BCUT2D eigenvalue weighted by Crippen LogP contribution is -2.56. The van der Waals surface area contributed by atoms with Crippen LogP contribution >= 0.6 is 0 Å². The fraction of sp³-hybridized carbons (Fsp3) is 0.786. The van der Waals surface area contributed by atoms with Crippen LogP contribution in [0.15, 0.2) is 6.20 Å². The molecule has 0 saturated carbocycles. The van der Waals surface area contributed by atoms with Gasteiger partial charge in [-0.15, -0.1) is 0 Å². The Morgan fingerprint density at radius 3 is 2.32 bits per heavy atom. The van der Waals surface area contributed by atoms with Gasteiger partial charge >= 0.3 is 0 Å². The quantitative estimate of drug-likeness (QED) is 0.876. The molecule has 5 nitrogen and oxygen atoms in total. The average molecular weight is 265 g/mol. The van der Waals surface area contributed by atoms with Crippen LogP contribution < -0.4 is 5.73 Å². The predicted octanol–water partition coefficient (Wildman–Crippen LogP) is 0.753. The third-order valence-corrected chi connectivity index (χ3v) is 4.46. The Labute approximate surface area is 116 Å². The molecule has 2 rings (SSSR count). The van der Waals surface area contributed by atoms with Gasteiger partial charge in [0, 0.05) is 50.5 Å². The van der Waals surface area contributed by atoms with Gasteiger partial charge in [0.25, 0.3) is 0 Å². The Morgan fingerprint density at radius 2 is 1.89 bits per heavy atom. The van der Waals surface area contributed by atoms with Crippen LogP contribution in [0.2, 0.25) is 0 Å². The number of rotatable bonds is 3. The number of aryl methyl sites for hydroxylation is 2. The molecule has 0 radical (unpaired) electrons. The van der Waals surface area contributed by atoms with Crippen molar-refractivity contribution < 1.29 is 0 Å². The lowest BCUT2D eigenvalue weighted by molar-refractivity contribution is 0.0350. The normalized spacial score (nSPS) is 27.7. The second-order valence-corrected chi connectivity index (χ2v) is 5.91. The van der Waals surface area contributed by atoms with Gasteiger partial charge in [0.2, 0.25) is 0 Å². The summed E-state index contributed by atoms with van der Waals surface area (Å²) < 4.78 is 1.89. The van der Waals surface area contributed by atoms with E-state index in [1.165, 1.54) is 5.56 Å². The average Bonchev–Trinajstić information content (AvgIpc) is 2.66. The smallest absolute Gasteiger partial charge is 0.0641 e. The number of piperazine rings is 1. The van der Waals surface area contributed by atoms with Crippen molar-refractivity contribution >= 4 is 0 Å². The molecule has 5 heteroatoms. The molecule has 3 atom stereocenters. The van der Waals surface area contributed by atoms with Gasteiger partial charge in [0.05, 0.1) is 11.7 Å². The first-order chi connectivity index (χ1) is 8.93. The molecule has 0 aliphatic carbocycles. The monoisotopic (exact) mass is 265 g/mol. The van der Waals surface area contributed by atoms with Gasteiger partial charge in [-0.05, 0) is 27.8 Å². The zero-order chi connectivity index (χ0) is 14.2. The van der Waals surface area contributed by atoms with E-state index in [1.54, 1.807) is 0 Å². The maximum atomic E-state index is 6.05. The summed E-state index contributed by atoms with van der Waals surface area (Å²) in [4.78, 5) is 4.96. The second-order valence-electron chi connectivity index (χ2n) is 5.91. The number of nitrogens with two attached hydrogens (primary N) is 1. The van der Waals surface area contributed by atoms with E-state index >= 15 is 0 Å². The SMILES string of the molecule is Cc1nn(C)cc1C(CN)N1CC(C)N(C)C(C)C1. The Kier molecular flexibility index (Phi) is 4.28. The van der Waals surface area contributed by atoms with Crippen LogP contribution in [0.3, 0.4) is 0 Å². The Bertz CT molecular complexity index is 415. The van der Waals surface area contributed by atoms with Crippen molar-refractivity contribution in [3.05, 3.63) is 17.5 Å². The van der Waals surface area contributed by atoms with Gasteiger partial charge in [-0.2, -0.15) is 5.10 Å². The highest BCUT2D eigenvalue weighted by atomic mass is 15.3. The molecule has 2 heterocycles. The Balaban J connectivity index is 2.21. The summed E-state index contributed by atoms with van der Waals surface area (Å²) >= 11 is 0. The topological polar surface area (TPSA) is 50.3 Å². The minimum atomic E-state index is 0.285. The molecule has 1 saturated heterocycles. The van der Waals surface area contributed by atoms with Gasteiger partial charge in [-0.25, -0.2) is 0 Å². The van der Waals surface area contributed by atoms with Crippen LogP contribution in [0, 0.1) is 6.92 Å². The minimum absolute atomic E-state index is 0.285. The molecule has 3 unspecified atom stereocenters. The van der Waals surface area contributed by atoms with Crippen molar-refractivity contribution in [1.82, 2.24) is 19.6 Å². The highest BCUT2D eigenvalue weighted by Crippen LogP contribution is 2.26. The Hall–Kier alpha value is -0.910. The summed E-state index contributed by atoms with van der Waals surface area (Å²) in [5.41, 5.74) is 8.41. The summed E-state index contributed by atoms with van der Waals surface area (Å²) in [5.74, 6) is 0. The van der Waals surface area contributed by atoms with E-state index in [0.29, 0.717) is 18.6 Å². The van der Waals surface area contributed by atoms with Crippen molar-refractivity contribution in [2.75, 3.05) is 26.7 Å². The van der Waals surface area contributed by atoms with Crippen molar-refractivity contribution in [2.45, 2.75) is 38.9 Å². The van der Waals surface area contributed by atoms with E-state index in [4.69, 9.17) is 5.73 Å². The number of likely N-dealkylation sites (N-methyl/N-ethyl adjacent to an activating group) is 1. The van der Waals surface area contributed by atoms with E-state index in [2.05, 4.69) is 48.9 Å². The molecule has 1 aromatic rings. The van der Waals surface area contributed by atoms with Crippen molar-refractivity contribution in [1.29, 1.82) is 0 Å². The van der Waals surface area contributed by atoms with Gasteiger partial charge in [-0.3, -0.25) is 14.5 Å². The molecular weight excluding hydrogens is 238 g/mol. The molecule has 1 fully saturated rings. The van der Waals surface area contributed by atoms with E-state index in [9.17, 15) is 0 Å². The summed E-state index contributed by atoms with van der Waals surface area (Å²) in [5, 5.41) is 4.45. The molecule has 0 bridgehead atoms.